The lowest BCUT2D eigenvalue weighted by Crippen LogP contribution is -2.12. The molecule has 1 unspecified atom stereocenters. The lowest BCUT2D eigenvalue weighted by Gasteiger charge is -2.12. The molecular formula is C14H14BrFN2O. The third-order valence-electron chi connectivity index (χ3n) is 2.81. The largest absolute Gasteiger partial charge is 0.439 e. The van der Waals surface area contributed by atoms with Crippen molar-refractivity contribution in [3.63, 3.8) is 0 Å². The predicted molar refractivity (Wildman–Crippen MR) is 75.9 cm³/mol. The van der Waals surface area contributed by atoms with Crippen LogP contribution in [0, 0.1) is 5.82 Å². The number of ether oxygens (including phenoxy) is 1. The number of hydrogen-bond acceptors (Lipinski definition) is 3. The molecule has 19 heavy (non-hydrogen) atoms. The molecule has 1 aromatic carbocycles. The highest BCUT2D eigenvalue weighted by Gasteiger charge is 2.07. The normalized spacial score (nSPS) is 12.2. The van der Waals surface area contributed by atoms with Crippen molar-refractivity contribution in [1.29, 1.82) is 0 Å². The van der Waals surface area contributed by atoms with Gasteiger partial charge in [-0.25, -0.2) is 9.37 Å². The average Bonchev–Trinajstić information content (AvgIpc) is 2.42. The Morgan fingerprint density at radius 2 is 2.11 bits per heavy atom. The van der Waals surface area contributed by atoms with E-state index >= 15 is 0 Å². The van der Waals surface area contributed by atoms with E-state index < -0.39 is 0 Å². The minimum absolute atomic E-state index is 0.201. The molecule has 0 bridgehead atoms. The molecule has 0 aliphatic rings. The predicted octanol–water partition coefficient (Wildman–Crippen LogP) is 4.06. The van der Waals surface area contributed by atoms with Gasteiger partial charge in [0.15, 0.2) is 0 Å². The number of aromatic nitrogens is 1. The first-order chi connectivity index (χ1) is 9.10. The zero-order valence-electron chi connectivity index (χ0n) is 10.7. The molecule has 1 heterocycles. The van der Waals surface area contributed by atoms with Gasteiger partial charge in [0, 0.05) is 24.4 Å². The van der Waals surface area contributed by atoms with Crippen molar-refractivity contribution in [2.75, 3.05) is 7.05 Å². The molecule has 3 nitrogen and oxygen atoms in total. The molecule has 0 saturated heterocycles. The van der Waals surface area contributed by atoms with Gasteiger partial charge in [-0.3, -0.25) is 0 Å². The first-order valence-electron chi connectivity index (χ1n) is 5.86. The van der Waals surface area contributed by atoms with E-state index in [-0.39, 0.29) is 11.9 Å². The molecule has 0 aliphatic carbocycles. The Kier molecular flexibility index (Phi) is 4.50. The molecule has 2 aromatic rings. The zero-order chi connectivity index (χ0) is 13.8. The van der Waals surface area contributed by atoms with Crippen LogP contribution in [0.3, 0.4) is 0 Å². The number of halogens is 2. The van der Waals surface area contributed by atoms with E-state index in [2.05, 4.69) is 26.2 Å². The highest BCUT2D eigenvalue weighted by atomic mass is 79.9. The Morgan fingerprint density at radius 3 is 2.79 bits per heavy atom. The lowest BCUT2D eigenvalue weighted by atomic mass is 10.1. The summed E-state index contributed by atoms with van der Waals surface area (Å²) in [6.45, 7) is 2.04. The van der Waals surface area contributed by atoms with E-state index in [4.69, 9.17) is 4.74 Å². The standard InChI is InChI=1S/C14H14BrFN2O/c1-9(17-2)10-5-6-18-14(7-10)19-11-3-4-12(15)13(16)8-11/h3-9,17H,1-2H3. The van der Waals surface area contributed by atoms with E-state index in [0.717, 1.165) is 5.56 Å². The van der Waals surface area contributed by atoms with Crippen molar-refractivity contribution < 1.29 is 9.13 Å². The number of pyridine rings is 1. The van der Waals surface area contributed by atoms with Gasteiger partial charge in [0.2, 0.25) is 5.88 Å². The number of rotatable bonds is 4. The minimum Gasteiger partial charge on any atom is -0.439 e. The Morgan fingerprint density at radius 1 is 1.32 bits per heavy atom. The highest BCUT2D eigenvalue weighted by Crippen LogP contribution is 2.25. The second-order valence-corrected chi connectivity index (χ2v) is 4.97. The van der Waals surface area contributed by atoms with Crippen molar-refractivity contribution in [2.24, 2.45) is 0 Å². The van der Waals surface area contributed by atoms with Crippen molar-refractivity contribution in [2.45, 2.75) is 13.0 Å². The molecule has 0 amide bonds. The second-order valence-electron chi connectivity index (χ2n) is 4.12. The minimum atomic E-state index is -0.364. The number of nitrogens with zero attached hydrogens (tertiary/aromatic N) is 1. The molecule has 100 valence electrons. The summed E-state index contributed by atoms with van der Waals surface area (Å²) in [5.41, 5.74) is 1.06. The maximum Gasteiger partial charge on any atom is 0.219 e. The van der Waals surface area contributed by atoms with E-state index in [9.17, 15) is 4.39 Å². The SMILES string of the molecule is CNC(C)c1ccnc(Oc2ccc(Br)c(F)c2)c1. The van der Waals surface area contributed by atoms with Crippen LogP contribution < -0.4 is 10.1 Å². The summed E-state index contributed by atoms with van der Waals surface area (Å²) in [6, 6.07) is 8.55. The van der Waals surface area contributed by atoms with E-state index in [1.54, 1.807) is 18.3 Å². The first-order valence-corrected chi connectivity index (χ1v) is 6.65. The highest BCUT2D eigenvalue weighted by molar-refractivity contribution is 9.10. The number of nitrogens with one attached hydrogen (secondary N) is 1. The summed E-state index contributed by atoms with van der Waals surface area (Å²) in [5.74, 6) is 0.501. The molecule has 5 heteroatoms. The molecule has 1 aromatic heterocycles. The van der Waals surface area contributed by atoms with Gasteiger partial charge < -0.3 is 10.1 Å². The van der Waals surface area contributed by atoms with Crippen LogP contribution in [0.5, 0.6) is 11.6 Å². The van der Waals surface area contributed by atoms with Crippen molar-refractivity contribution in [3.8, 4) is 11.6 Å². The van der Waals surface area contributed by atoms with E-state index in [1.807, 2.05) is 26.1 Å². The molecule has 1 N–H and O–H groups in total. The quantitative estimate of drug-likeness (QED) is 0.921. The van der Waals surface area contributed by atoms with Crippen LogP contribution in [-0.4, -0.2) is 12.0 Å². The van der Waals surface area contributed by atoms with Gasteiger partial charge in [-0.05, 0) is 53.7 Å². The monoisotopic (exact) mass is 324 g/mol. The van der Waals surface area contributed by atoms with E-state index in [1.165, 1.54) is 6.07 Å². The topological polar surface area (TPSA) is 34.2 Å². The Labute approximate surface area is 119 Å². The first kappa shape index (κ1) is 14.0. The summed E-state index contributed by atoms with van der Waals surface area (Å²) < 4.78 is 19.3. The fourth-order valence-electron chi connectivity index (χ4n) is 1.58. The van der Waals surface area contributed by atoms with Crippen LogP contribution in [0.15, 0.2) is 41.0 Å². The fourth-order valence-corrected chi connectivity index (χ4v) is 1.82. The van der Waals surface area contributed by atoms with Crippen LogP contribution in [0.1, 0.15) is 18.5 Å². The Bertz CT molecular complexity index is 577. The maximum absolute atomic E-state index is 13.4. The lowest BCUT2D eigenvalue weighted by molar-refractivity contribution is 0.455. The number of benzene rings is 1. The van der Waals surface area contributed by atoms with Gasteiger partial charge in [-0.15, -0.1) is 0 Å². The third-order valence-corrected chi connectivity index (χ3v) is 3.45. The fraction of sp³-hybridized carbons (Fsp3) is 0.214. The van der Waals surface area contributed by atoms with Crippen LogP contribution in [0.25, 0.3) is 0 Å². The van der Waals surface area contributed by atoms with Crippen LogP contribution in [0.4, 0.5) is 4.39 Å². The summed E-state index contributed by atoms with van der Waals surface area (Å²) in [7, 11) is 1.88. The molecular weight excluding hydrogens is 311 g/mol. The third kappa shape index (κ3) is 3.52. The van der Waals surface area contributed by atoms with Gasteiger partial charge >= 0.3 is 0 Å². The van der Waals surface area contributed by atoms with Crippen molar-refractivity contribution >= 4 is 15.9 Å². The summed E-state index contributed by atoms with van der Waals surface area (Å²) in [4.78, 5) is 4.12. The van der Waals surface area contributed by atoms with E-state index in [0.29, 0.717) is 16.1 Å². The molecule has 0 spiro atoms. The molecule has 2 rings (SSSR count). The molecule has 0 fully saturated rings. The molecule has 1 atom stereocenters. The Balaban J connectivity index is 2.20. The second kappa shape index (κ2) is 6.12. The van der Waals surface area contributed by atoms with Gasteiger partial charge in [-0.2, -0.15) is 0 Å². The van der Waals surface area contributed by atoms with Crippen LogP contribution in [0.2, 0.25) is 0 Å². The van der Waals surface area contributed by atoms with Gasteiger partial charge in [-0.1, -0.05) is 0 Å². The van der Waals surface area contributed by atoms with Crippen LogP contribution in [-0.2, 0) is 0 Å². The molecule has 0 aliphatic heterocycles. The summed E-state index contributed by atoms with van der Waals surface area (Å²) >= 11 is 3.10. The maximum atomic E-state index is 13.4. The summed E-state index contributed by atoms with van der Waals surface area (Å²) in [6.07, 6.45) is 1.67. The van der Waals surface area contributed by atoms with Gasteiger partial charge in [0.25, 0.3) is 0 Å². The molecule has 0 saturated carbocycles. The number of hydrogen-bond donors (Lipinski definition) is 1. The Hall–Kier alpha value is -1.46. The van der Waals surface area contributed by atoms with Crippen molar-refractivity contribution in [1.82, 2.24) is 10.3 Å². The van der Waals surface area contributed by atoms with Crippen molar-refractivity contribution in [3.05, 3.63) is 52.4 Å². The zero-order valence-corrected chi connectivity index (χ0v) is 12.2. The summed E-state index contributed by atoms with van der Waals surface area (Å²) in [5, 5.41) is 3.14. The average molecular weight is 325 g/mol. The smallest absolute Gasteiger partial charge is 0.219 e. The van der Waals surface area contributed by atoms with Crippen LogP contribution >= 0.6 is 15.9 Å². The van der Waals surface area contributed by atoms with Gasteiger partial charge in [0.05, 0.1) is 4.47 Å². The van der Waals surface area contributed by atoms with Gasteiger partial charge in [0.1, 0.15) is 11.6 Å². The molecule has 0 radical (unpaired) electrons.